The van der Waals surface area contributed by atoms with Gasteiger partial charge in [0.25, 0.3) is 0 Å². The Kier molecular flexibility index (Phi) is 3.38. The summed E-state index contributed by atoms with van der Waals surface area (Å²) < 4.78 is 31.5. The van der Waals surface area contributed by atoms with Crippen LogP contribution in [0.4, 0.5) is 8.78 Å². The van der Waals surface area contributed by atoms with Crippen molar-refractivity contribution in [3.05, 3.63) is 36.7 Å². The monoisotopic (exact) mass is 269 g/mol. The molecule has 1 aromatic heterocycles. The number of para-hydroxylation sites is 1. The minimum absolute atomic E-state index is 0.608. The number of amides is 1. The molecule has 0 fully saturated rings. The van der Waals surface area contributed by atoms with Crippen LogP contribution in [0.25, 0.3) is 5.69 Å². The van der Waals surface area contributed by atoms with E-state index in [-0.39, 0.29) is 0 Å². The van der Waals surface area contributed by atoms with E-state index in [0.29, 0.717) is 5.69 Å². The standard InChI is InChI=1S/C10H9F2N5O2/c11-10(12,8(18)15-13)19-9-14-6-17(16-9)7-4-2-1-3-5-7/h1-6H,13H2,(H,15,18). The third kappa shape index (κ3) is 2.83. The lowest BCUT2D eigenvalue weighted by Crippen LogP contribution is -2.47. The zero-order chi connectivity index (χ0) is 13.9. The van der Waals surface area contributed by atoms with E-state index in [0.717, 1.165) is 0 Å². The summed E-state index contributed by atoms with van der Waals surface area (Å²) in [5.41, 5.74) is 1.90. The summed E-state index contributed by atoms with van der Waals surface area (Å²) in [6.45, 7) is 0. The number of carbonyl (C=O) groups is 1. The Bertz CT molecular complexity index is 572. The molecule has 1 aromatic carbocycles. The summed E-state index contributed by atoms with van der Waals surface area (Å²) in [6, 6.07) is 8.03. The number of aromatic nitrogens is 3. The number of ether oxygens (including phenoxy) is 1. The van der Waals surface area contributed by atoms with Crippen LogP contribution in [0.1, 0.15) is 0 Å². The molecule has 2 aromatic rings. The highest BCUT2D eigenvalue weighted by molar-refractivity contribution is 5.81. The van der Waals surface area contributed by atoms with Crippen LogP contribution in [0.2, 0.25) is 0 Å². The number of nitrogens with one attached hydrogen (secondary N) is 1. The number of hydrazine groups is 1. The van der Waals surface area contributed by atoms with Gasteiger partial charge in [-0.2, -0.15) is 13.8 Å². The number of alkyl halides is 2. The Hall–Kier alpha value is -2.55. The fourth-order valence-electron chi connectivity index (χ4n) is 1.24. The summed E-state index contributed by atoms with van der Waals surface area (Å²) in [7, 11) is 0. The van der Waals surface area contributed by atoms with Crippen LogP contribution in [0, 0.1) is 0 Å². The van der Waals surface area contributed by atoms with Gasteiger partial charge in [-0.25, -0.2) is 10.5 Å². The molecule has 1 heterocycles. The van der Waals surface area contributed by atoms with Crippen molar-refractivity contribution in [3.8, 4) is 11.7 Å². The molecule has 0 aliphatic carbocycles. The van der Waals surface area contributed by atoms with Crippen LogP contribution in [-0.2, 0) is 4.79 Å². The molecule has 100 valence electrons. The van der Waals surface area contributed by atoms with Gasteiger partial charge in [-0.05, 0) is 12.1 Å². The second-order valence-corrected chi connectivity index (χ2v) is 3.40. The number of nitrogens with zero attached hydrogens (tertiary/aromatic N) is 3. The zero-order valence-corrected chi connectivity index (χ0v) is 9.46. The van der Waals surface area contributed by atoms with Gasteiger partial charge in [0.2, 0.25) is 0 Å². The van der Waals surface area contributed by atoms with Crippen LogP contribution >= 0.6 is 0 Å². The molecule has 0 atom stereocenters. The largest absolute Gasteiger partial charge is 0.485 e. The van der Waals surface area contributed by atoms with E-state index in [1.165, 1.54) is 16.4 Å². The Balaban J connectivity index is 2.16. The fraction of sp³-hybridized carbons (Fsp3) is 0.100. The van der Waals surface area contributed by atoms with E-state index in [9.17, 15) is 13.6 Å². The van der Waals surface area contributed by atoms with E-state index in [4.69, 9.17) is 0 Å². The van der Waals surface area contributed by atoms with Crippen molar-refractivity contribution in [2.75, 3.05) is 0 Å². The van der Waals surface area contributed by atoms with Crippen LogP contribution < -0.4 is 16.0 Å². The molecular formula is C10H9F2N5O2. The predicted molar refractivity (Wildman–Crippen MR) is 59.3 cm³/mol. The first kappa shape index (κ1) is 12.9. The molecule has 0 saturated carbocycles. The minimum Gasteiger partial charge on any atom is -0.390 e. The topological polar surface area (TPSA) is 95.1 Å². The number of rotatable bonds is 4. The van der Waals surface area contributed by atoms with Crippen molar-refractivity contribution in [2.45, 2.75) is 6.11 Å². The molecule has 0 aliphatic heterocycles. The molecule has 0 spiro atoms. The van der Waals surface area contributed by atoms with Gasteiger partial charge in [-0.3, -0.25) is 10.2 Å². The molecule has 9 heteroatoms. The van der Waals surface area contributed by atoms with Gasteiger partial charge in [0.05, 0.1) is 5.69 Å². The maximum Gasteiger partial charge on any atom is 0.485 e. The van der Waals surface area contributed by atoms with E-state index in [1.54, 1.807) is 30.3 Å². The number of hydrogen-bond donors (Lipinski definition) is 2. The highest BCUT2D eigenvalue weighted by Crippen LogP contribution is 2.18. The molecule has 0 radical (unpaired) electrons. The zero-order valence-electron chi connectivity index (χ0n) is 9.46. The minimum atomic E-state index is -4.14. The summed E-state index contributed by atoms with van der Waals surface area (Å²) in [4.78, 5) is 14.3. The lowest BCUT2D eigenvalue weighted by atomic mass is 10.3. The van der Waals surface area contributed by atoms with Crippen molar-refractivity contribution >= 4 is 5.91 Å². The quantitative estimate of drug-likeness (QED) is 0.470. The lowest BCUT2D eigenvalue weighted by molar-refractivity contribution is -0.195. The maximum atomic E-state index is 13.1. The Labute approximate surface area is 106 Å². The molecule has 7 nitrogen and oxygen atoms in total. The van der Waals surface area contributed by atoms with Gasteiger partial charge in [-0.1, -0.05) is 18.2 Å². The van der Waals surface area contributed by atoms with Crippen molar-refractivity contribution in [1.82, 2.24) is 20.2 Å². The van der Waals surface area contributed by atoms with E-state index < -0.39 is 18.0 Å². The number of benzene rings is 1. The van der Waals surface area contributed by atoms with Crippen LogP contribution in [-0.4, -0.2) is 26.8 Å². The normalized spacial score (nSPS) is 11.1. The molecule has 2 rings (SSSR count). The van der Waals surface area contributed by atoms with Gasteiger partial charge in [-0.15, -0.1) is 5.10 Å². The van der Waals surface area contributed by atoms with Gasteiger partial charge in [0.1, 0.15) is 6.33 Å². The third-order valence-electron chi connectivity index (χ3n) is 2.11. The first-order valence-electron chi connectivity index (χ1n) is 5.08. The van der Waals surface area contributed by atoms with Gasteiger partial charge in [0.15, 0.2) is 0 Å². The number of carbonyl (C=O) groups excluding carboxylic acids is 1. The highest BCUT2D eigenvalue weighted by atomic mass is 19.3. The molecule has 0 aliphatic rings. The summed E-state index contributed by atoms with van der Waals surface area (Å²) in [5, 5.41) is 3.66. The summed E-state index contributed by atoms with van der Waals surface area (Å²) in [5.74, 6) is 2.81. The molecule has 19 heavy (non-hydrogen) atoms. The van der Waals surface area contributed by atoms with Crippen LogP contribution in [0.5, 0.6) is 6.01 Å². The first-order chi connectivity index (χ1) is 9.03. The molecule has 0 saturated heterocycles. The average molecular weight is 269 g/mol. The maximum absolute atomic E-state index is 13.1. The fourth-order valence-corrected chi connectivity index (χ4v) is 1.24. The van der Waals surface area contributed by atoms with Gasteiger partial charge < -0.3 is 4.74 Å². The first-order valence-corrected chi connectivity index (χ1v) is 5.08. The highest BCUT2D eigenvalue weighted by Gasteiger charge is 2.43. The van der Waals surface area contributed by atoms with E-state index >= 15 is 0 Å². The van der Waals surface area contributed by atoms with Gasteiger partial charge >= 0.3 is 18.0 Å². The number of hydrogen-bond acceptors (Lipinski definition) is 5. The number of halogens is 2. The molecular weight excluding hydrogens is 260 g/mol. The Morgan fingerprint density at radius 1 is 1.37 bits per heavy atom. The molecule has 0 unspecified atom stereocenters. The average Bonchev–Trinajstić information content (AvgIpc) is 2.86. The van der Waals surface area contributed by atoms with Crippen LogP contribution in [0.3, 0.4) is 0 Å². The van der Waals surface area contributed by atoms with Crippen LogP contribution in [0.15, 0.2) is 36.7 Å². The summed E-state index contributed by atoms with van der Waals surface area (Å²) in [6.07, 6.45) is -2.96. The number of nitrogens with two attached hydrogens (primary N) is 1. The summed E-state index contributed by atoms with van der Waals surface area (Å²) >= 11 is 0. The molecule has 3 N–H and O–H groups in total. The second-order valence-electron chi connectivity index (χ2n) is 3.40. The van der Waals surface area contributed by atoms with Crippen molar-refractivity contribution < 1.29 is 18.3 Å². The predicted octanol–water partition coefficient (Wildman–Crippen LogP) is 0.229. The smallest absolute Gasteiger partial charge is 0.390 e. The lowest BCUT2D eigenvalue weighted by Gasteiger charge is -2.12. The Morgan fingerprint density at radius 3 is 2.68 bits per heavy atom. The van der Waals surface area contributed by atoms with Gasteiger partial charge in [0, 0.05) is 0 Å². The van der Waals surface area contributed by atoms with E-state index in [1.807, 2.05) is 0 Å². The third-order valence-corrected chi connectivity index (χ3v) is 2.11. The molecule has 1 amide bonds. The van der Waals surface area contributed by atoms with Crippen molar-refractivity contribution in [3.63, 3.8) is 0 Å². The Morgan fingerprint density at radius 2 is 2.05 bits per heavy atom. The SMILES string of the molecule is NNC(=O)C(F)(F)Oc1ncn(-c2ccccc2)n1. The van der Waals surface area contributed by atoms with Crippen molar-refractivity contribution in [1.29, 1.82) is 0 Å². The van der Waals surface area contributed by atoms with Crippen molar-refractivity contribution in [2.24, 2.45) is 5.84 Å². The molecule has 0 bridgehead atoms. The second kappa shape index (κ2) is 4.98. The van der Waals surface area contributed by atoms with E-state index in [2.05, 4.69) is 20.7 Å².